The lowest BCUT2D eigenvalue weighted by atomic mass is 9.85. The first kappa shape index (κ1) is 12.8. The predicted molar refractivity (Wildman–Crippen MR) is 61.3 cm³/mol. The van der Waals surface area contributed by atoms with Gasteiger partial charge in [-0.05, 0) is 6.42 Å². The number of amides is 3. The molecule has 7 nitrogen and oxygen atoms in total. The van der Waals surface area contributed by atoms with E-state index in [4.69, 9.17) is 10.5 Å². The molecular weight excluding hydrogens is 238 g/mol. The molecule has 0 aromatic rings. The molecule has 3 amide bonds. The molecule has 0 aliphatic carbocycles. The van der Waals surface area contributed by atoms with Gasteiger partial charge in [0.25, 0.3) is 0 Å². The van der Waals surface area contributed by atoms with Crippen LogP contribution in [0.15, 0.2) is 0 Å². The molecule has 2 fully saturated rings. The average molecular weight is 255 g/mol. The van der Waals surface area contributed by atoms with Gasteiger partial charge in [-0.3, -0.25) is 14.4 Å². The first-order valence-electron chi connectivity index (χ1n) is 6.02. The van der Waals surface area contributed by atoms with Crippen molar-refractivity contribution in [2.75, 3.05) is 13.2 Å². The number of rotatable bonds is 3. The summed E-state index contributed by atoms with van der Waals surface area (Å²) in [7, 11) is 0. The molecule has 2 aliphatic rings. The third-order valence-electron chi connectivity index (χ3n) is 3.44. The standard InChI is InChI=1S/C11H17N3O4/c12-8(15)2-1-7-9(16)14-11(10(17)13-7)3-5-18-6-4-11/h7H,1-6H2,(H2,12,15)(H,13,17)(H,14,16)/t7-/m0/s1. The van der Waals surface area contributed by atoms with E-state index in [2.05, 4.69) is 10.6 Å². The lowest BCUT2D eigenvalue weighted by Crippen LogP contribution is -2.70. The second kappa shape index (κ2) is 4.93. The minimum atomic E-state index is -0.835. The van der Waals surface area contributed by atoms with Crippen LogP contribution in [-0.2, 0) is 19.1 Å². The van der Waals surface area contributed by atoms with Gasteiger partial charge in [0.05, 0.1) is 0 Å². The fraction of sp³-hybridized carbons (Fsp3) is 0.727. The number of nitrogens with one attached hydrogen (secondary N) is 2. The third-order valence-corrected chi connectivity index (χ3v) is 3.44. The minimum Gasteiger partial charge on any atom is -0.381 e. The highest BCUT2D eigenvalue weighted by atomic mass is 16.5. The number of ether oxygens (including phenoxy) is 1. The summed E-state index contributed by atoms with van der Waals surface area (Å²) in [6.45, 7) is 0.916. The van der Waals surface area contributed by atoms with E-state index >= 15 is 0 Å². The van der Waals surface area contributed by atoms with E-state index < -0.39 is 17.5 Å². The van der Waals surface area contributed by atoms with Crippen molar-refractivity contribution in [3.05, 3.63) is 0 Å². The summed E-state index contributed by atoms with van der Waals surface area (Å²) in [6, 6.07) is -0.668. The first-order chi connectivity index (χ1) is 8.53. The SMILES string of the molecule is NC(=O)CC[C@@H]1NC(=O)C2(CCOCC2)NC1=O. The number of hydrogen-bond donors (Lipinski definition) is 3. The van der Waals surface area contributed by atoms with Gasteiger partial charge in [-0.15, -0.1) is 0 Å². The van der Waals surface area contributed by atoms with Gasteiger partial charge in [0, 0.05) is 32.5 Å². The summed E-state index contributed by atoms with van der Waals surface area (Å²) < 4.78 is 5.19. The highest BCUT2D eigenvalue weighted by Gasteiger charge is 2.47. The van der Waals surface area contributed by atoms with Crippen molar-refractivity contribution in [2.24, 2.45) is 5.73 Å². The maximum atomic E-state index is 12.1. The molecule has 2 aliphatic heterocycles. The molecule has 0 bridgehead atoms. The Balaban J connectivity index is 2.00. The smallest absolute Gasteiger partial charge is 0.246 e. The molecule has 0 radical (unpaired) electrons. The van der Waals surface area contributed by atoms with E-state index in [1.54, 1.807) is 0 Å². The van der Waals surface area contributed by atoms with E-state index in [1.807, 2.05) is 0 Å². The molecule has 100 valence electrons. The fourth-order valence-electron chi connectivity index (χ4n) is 2.30. The van der Waals surface area contributed by atoms with Crippen LogP contribution in [0.4, 0.5) is 0 Å². The van der Waals surface area contributed by atoms with Crippen LogP contribution in [0.5, 0.6) is 0 Å². The maximum Gasteiger partial charge on any atom is 0.246 e. The third kappa shape index (κ3) is 2.45. The quantitative estimate of drug-likeness (QED) is 0.565. The van der Waals surface area contributed by atoms with E-state index in [-0.39, 0.29) is 24.7 Å². The molecule has 1 atom stereocenters. The monoisotopic (exact) mass is 255 g/mol. The van der Waals surface area contributed by atoms with E-state index in [0.29, 0.717) is 26.1 Å². The number of carbonyl (C=O) groups is 3. The van der Waals surface area contributed by atoms with Gasteiger partial charge < -0.3 is 21.1 Å². The summed E-state index contributed by atoms with van der Waals surface area (Å²) in [5.74, 6) is -0.930. The molecule has 2 rings (SSSR count). The molecule has 2 saturated heterocycles. The molecule has 1 spiro atoms. The summed E-state index contributed by atoms with van der Waals surface area (Å²) in [4.78, 5) is 34.7. The topological polar surface area (TPSA) is 111 Å². The van der Waals surface area contributed by atoms with Crippen LogP contribution in [0.25, 0.3) is 0 Å². The Morgan fingerprint density at radius 1 is 1.39 bits per heavy atom. The van der Waals surface area contributed by atoms with E-state index in [0.717, 1.165) is 0 Å². The summed E-state index contributed by atoms with van der Waals surface area (Å²) in [5.41, 5.74) is 4.19. The van der Waals surface area contributed by atoms with Gasteiger partial charge >= 0.3 is 0 Å². The van der Waals surface area contributed by atoms with Crippen molar-refractivity contribution in [3.63, 3.8) is 0 Å². The molecule has 0 aromatic heterocycles. The molecule has 18 heavy (non-hydrogen) atoms. The predicted octanol–water partition coefficient (Wildman–Crippen LogP) is -1.58. The zero-order chi connectivity index (χ0) is 13.2. The molecule has 0 aromatic carbocycles. The molecule has 0 unspecified atom stereocenters. The van der Waals surface area contributed by atoms with Crippen molar-refractivity contribution in [2.45, 2.75) is 37.3 Å². The molecule has 4 N–H and O–H groups in total. The van der Waals surface area contributed by atoms with Crippen LogP contribution in [0.1, 0.15) is 25.7 Å². The molecule has 0 saturated carbocycles. The van der Waals surface area contributed by atoms with Gasteiger partial charge in [-0.2, -0.15) is 0 Å². The van der Waals surface area contributed by atoms with Crippen molar-refractivity contribution in [3.8, 4) is 0 Å². The van der Waals surface area contributed by atoms with E-state index in [9.17, 15) is 14.4 Å². The Kier molecular flexibility index (Phi) is 3.51. The van der Waals surface area contributed by atoms with Gasteiger partial charge in [0.1, 0.15) is 11.6 Å². The normalized spacial score (nSPS) is 26.6. The van der Waals surface area contributed by atoms with Gasteiger partial charge in [0.15, 0.2) is 0 Å². The number of nitrogens with two attached hydrogens (primary N) is 1. The second-order valence-electron chi connectivity index (χ2n) is 4.71. The Morgan fingerprint density at radius 3 is 2.67 bits per heavy atom. The zero-order valence-electron chi connectivity index (χ0n) is 10.0. The Labute approximate surface area is 104 Å². The fourth-order valence-corrected chi connectivity index (χ4v) is 2.30. The van der Waals surface area contributed by atoms with Crippen molar-refractivity contribution < 1.29 is 19.1 Å². The van der Waals surface area contributed by atoms with Gasteiger partial charge in [-0.25, -0.2) is 0 Å². The Bertz CT molecular complexity index is 376. The molecule has 7 heteroatoms. The second-order valence-corrected chi connectivity index (χ2v) is 4.71. The van der Waals surface area contributed by atoms with Crippen LogP contribution in [0.3, 0.4) is 0 Å². The highest BCUT2D eigenvalue weighted by Crippen LogP contribution is 2.24. The van der Waals surface area contributed by atoms with Crippen LogP contribution >= 0.6 is 0 Å². The van der Waals surface area contributed by atoms with Crippen LogP contribution < -0.4 is 16.4 Å². The zero-order valence-corrected chi connectivity index (χ0v) is 10.0. The van der Waals surface area contributed by atoms with Crippen molar-refractivity contribution >= 4 is 17.7 Å². The first-order valence-corrected chi connectivity index (χ1v) is 6.02. The van der Waals surface area contributed by atoms with Crippen molar-refractivity contribution in [1.82, 2.24) is 10.6 Å². The van der Waals surface area contributed by atoms with Crippen molar-refractivity contribution in [1.29, 1.82) is 0 Å². The Morgan fingerprint density at radius 2 is 2.06 bits per heavy atom. The van der Waals surface area contributed by atoms with Crippen LogP contribution in [-0.4, -0.2) is 42.5 Å². The Hall–Kier alpha value is -1.63. The van der Waals surface area contributed by atoms with Gasteiger partial charge in [-0.1, -0.05) is 0 Å². The summed E-state index contributed by atoms with van der Waals surface area (Å²) in [5, 5.41) is 5.44. The lowest BCUT2D eigenvalue weighted by molar-refractivity contribution is -0.145. The molecular formula is C11H17N3O4. The number of piperazine rings is 1. The highest BCUT2D eigenvalue weighted by molar-refractivity contribution is 6.00. The maximum absolute atomic E-state index is 12.1. The van der Waals surface area contributed by atoms with E-state index in [1.165, 1.54) is 0 Å². The molecule has 2 heterocycles. The van der Waals surface area contributed by atoms with Crippen LogP contribution in [0.2, 0.25) is 0 Å². The number of primary amides is 1. The van der Waals surface area contributed by atoms with Crippen LogP contribution in [0, 0.1) is 0 Å². The largest absolute Gasteiger partial charge is 0.381 e. The minimum absolute atomic E-state index is 0.0779. The average Bonchev–Trinajstić information content (AvgIpc) is 2.33. The summed E-state index contributed by atoms with van der Waals surface area (Å²) >= 11 is 0. The number of hydrogen-bond acceptors (Lipinski definition) is 4. The lowest BCUT2D eigenvalue weighted by Gasteiger charge is -2.42. The summed E-state index contributed by atoms with van der Waals surface area (Å²) in [6.07, 6.45) is 1.27. The number of carbonyl (C=O) groups excluding carboxylic acids is 3. The van der Waals surface area contributed by atoms with Gasteiger partial charge in [0.2, 0.25) is 17.7 Å².